The third-order valence-corrected chi connectivity index (χ3v) is 4.49. The summed E-state index contributed by atoms with van der Waals surface area (Å²) in [5.74, 6) is -0.269. The van der Waals surface area contributed by atoms with Crippen LogP contribution >= 0.6 is 15.9 Å². The lowest BCUT2D eigenvalue weighted by atomic mass is 9.95. The standard InChI is InChI=1S/C18H22BrN3O/c19-16-6-4-5-14(11-16)9-10-21-13-15(12-20)18(23)22-17-7-2-1-3-8-17/h4-6,11,13,17,21H,1-3,7-10H2,(H,22,23)/b15-13-. The Kier molecular flexibility index (Phi) is 7.15. The minimum Gasteiger partial charge on any atom is -0.389 e. The smallest absolute Gasteiger partial charge is 0.263 e. The molecular weight excluding hydrogens is 354 g/mol. The monoisotopic (exact) mass is 375 g/mol. The highest BCUT2D eigenvalue weighted by atomic mass is 79.9. The normalized spacial score (nSPS) is 15.7. The number of carbonyl (C=O) groups excluding carboxylic acids is 1. The Morgan fingerprint density at radius 3 is 2.83 bits per heavy atom. The fourth-order valence-electron chi connectivity index (χ4n) is 2.74. The van der Waals surface area contributed by atoms with Gasteiger partial charge in [-0.1, -0.05) is 47.3 Å². The van der Waals surface area contributed by atoms with Gasteiger partial charge in [-0.2, -0.15) is 5.26 Å². The van der Waals surface area contributed by atoms with Crippen LogP contribution < -0.4 is 10.6 Å². The third kappa shape index (κ3) is 6.07. The van der Waals surface area contributed by atoms with Gasteiger partial charge in [0.15, 0.2) is 0 Å². The molecule has 0 aliphatic heterocycles. The molecule has 1 aromatic rings. The van der Waals surface area contributed by atoms with Crippen molar-refractivity contribution < 1.29 is 4.79 Å². The van der Waals surface area contributed by atoms with Gasteiger partial charge >= 0.3 is 0 Å². The number of nitriles is 1. The summed E-state index contributed by atoms with van der Waals surface area (Å²) in [5, 5.41) is 15.2. The van der Waals surface area contributed by atoms with Gasteiger partial charge in [-0.15, -0.1) is 0 Å². The Morgan fingerprint density at radius 2 is 2.13 bits per heavy atom. The van der Waals surface area contributed by atoms with Crippen LogP contribution in [0.1, 0.15) is 37.7 Å². The van der Waals surface area contributed by atoms with E-state index in [1.54, 1.807) is 0 Å². The predicted molar refractivity (Wildman–Crippen MR) is 94.6 cm³/mol. The second-order valence-corrected chi connectivity index (χ2v) is 6.73. The summed E-state index contributed by atoms with van der Waals surface area (Å²) in [7, 11) is 0. The van der Waals surface area contributed by atoms with E-state index in [4.69, 9.17) is 5.26 Å². The van der Waals surface area contributed by atoms with Crippen LogP contribution in [-0.2, 0) is 11.2 Å². The molecule has 1 amide bonds. The molecule has 5 heteroatoms. The van der Waals surface area contributed by atoms with E-state index in [-0.39, 0.29) is 17.5 Å². The van der Waals surface area contributed by atoms with Crippen LogP contribution in [0.3, 0.4) is 0 Å². The van der Waals surface area contributed by atoms with Crippen molar-refractivity contribution in [3.63, 3.8) is 0 Å². The van der Waals surface area contributed by atoms with Crippen LogP contribution in [0.15, 0.2) is 40.5 Å². The Balaban J connectivity index is 1.79. The molecule has 0 saturated heterocycles. The molecule has 23 heavy (non-hydrogen) atoms. The van der Waals surface area contributed by atoms with Crippen LogP contribution in [0, 0.1) is 11.3 Å². The fourth-order valence-corrected chi connectivity index (χ4v) is 3.19. The van der Waals surface area contributed by atoms with Gasteiger partial charge in [-0.3, -0.25) is 4.79 Å². The molecule has 0 aromatic heterocycles. The molecule has 0 atom stereocenters. The Bertz CT molecular complexity index is 601. The van der Waals surface area contributed by atoms with Crippen molar-refractivity contribution in [1.82, 2.24) is 10.6 Å². The summed E-state index contributed by atoms with van der Waals surface area (Å²) >= 11 is 3.44. The van der Waals surface area contributed by atoms with Crippen molar-refractivity contribution in [3.8, 4) is 6.07 Å². The van der Waals surface area contributed by atoms with Gasteiger partial charge in [-0.25, -0.2) is 0 Å². The van der Waals surface area contributed by atoms with E-state index in [1.165, 1.54) is 18.2 Å². The van der Waals surface area contributed by atoms with E-state index < -0.39 is 0 Å². The SMILES string of the molecule is N#C/C(=C/NCCc1cccc(Br)c1)C(=O)NC1CCCCC1. The van der Waals surface area contributed by atoms with Gasteiger partial charge in [-0.05, 0) is 37.0 Å². The first-order valence-corrected chi connectivity index (χ1v) is 8.87. The summed E-state index contributed by atoms with van der Waals surface area (Å²) in [6.07, 6.45) is 7.93. The molecule has 122 valence electrons. The van der Waals surface area contributed by atoms with Crippen LogP contribution in [0.2, 0.25) is 0 Å². The summed E-state index contributed by atoms with van der Waals surface area (Å²) in [4.78, 5) is 12.1. The first kappa shape index (κ1) is 17.6. The van der Waals surface area contributed by atoms with E-state index in [9.17, 15) is 4.79 Å². The van der Waals surface area contributed by atoms with E-state index in [0.717, 1.165) is 36.6 Å². The predicted octanol–water partition coefficient (Wildman–Crippen LogP) is 3.44. The molecule has 1 aliphatic rings. The Morgan fingerprint density at radius 1 is 1.35 bits per heavy atom. The van der Waals surface area contributed by atoms with Crippen LogP contribution in [0.25, 0.3) is 0 Å². The first-order chi connectivity index (χ1) is 11.2. The maximum Gasteiger partial charge on any atom is 0.263 e. The lowest BCUT2D eigenvalue weighted by Gasteiger charge is -2.22. The van der Waals surface area contributed by atoms with Gasteiger partial charge in [0.2, 0.25) is 0 Å². The first-order valence-electron chi connectivity index (χ1n) is 8.08. The highest BCUT2D eigenvalue weighted by Crippen LogP contribution is 2.17. The average molecular weight is 376 g/mol. The zero-order chi connectivity index (χ0) is 16.5. The summed E-state index contributed by atoms with van der Waals surface area (Å²) < 4.78 is 1.05. The maximum absolute atomic E-state index is 12.1. The average Bonchev–Trinajstić information content (AvgIpc) is 2.56. The number of amides is 1. The number of benzene rings is 1. The molecule has 0 unspecified atom stereocenters. The van der Waals surface area contributed by atoms with Crippen molar-refractivity contribution in [2.45, 2.75) is 44.6 Å². The molecule has 1 aromatic carbocycles. The van der Waals surface area contributed by atoms with E-state index in [1.807, 2.05) is 18.2 Å². The lowest BCUT2D eigenvalue weighted by molar-refractivity contribution is -0.118. The number of halogens is 1. The minimum absolute atomic E-state index is 0.143. The molecule has 1 fully saturated rings. The van der Waals surface area contributed by atoms with Crippen molar-refractivity contribution in [2.75, 3.05) is 6.54 Å². The maximum atomic E-state index is 12.1. The molecule has 0 bridgehead atoms. The van der Waals surface area contributed by atoms with Crippen molar-refractivity contribution in [3.05, 3.63) is 46.1 Å². The van der Waals surface area contributed by atoms with Gasteiger partial charge in [0.05, 0.1) is 0 Å². The summed E-state index contributed by atoms with van der Waals surface area (Å²) in [5.41, 5.74) is 1.34. The number of hydrogen-bond acceptors (Lipinski definition) is 3. The highest BCUT2D eigenvalue weighted by Gasteiger charge is 2.17. The lowest BCUT2D eigenvalue weighted by Crippen LogP contribution is -2.37. The van der Waals surface area contributed by atoms with Crippen molar-refractivity contribution in [1.29, 1.82) is 5.26 Å². The molecule has 0 spiro atoms. The summed E-state index contributed by atoms with van der Waals surface area (Å²) in [6, 6.07) is 10.3. The second-order valence-electron chi connectivity index (χ2n) is 5.81. The van der Waals surface area contributed by atoms with Gasteiger partial charge in [0.1, 0.15) is 11.6 Å². The number of rotatable bonds is 6. The molecule has 1 aliphatic carbocycles. The van der Waals surface area contributed by atoms with Gasteiger partial charge in [0.25, 0.3) is 5.91 Å². The molecule has 0 heterocycles. The fraction of sp³-hybridized carbons (Fsp3) is 0.444. The van der Waals surface area contributed by atoms with Crippen LogP contribution in [0.5, 0.6) is 0 Å². The summed E-state index contributed by atoms with van der Waals surface area (Å²) in [6.45, 7) is 0.679. The van der Waals surface area contributed by atoms with Gasteiger partial charge < -0.3 is 10.6 Å². The minimum atomic E-state index is -0.269. The number of carbonyl (C=O) groups is 1. The van der Waals surface area contributed by atoms with Crippen LogP contribution in [0.4, 0.5) is 0 Å². The molecule has 2 N–H and O–H groups in total. The molecule has 0 radical (unpaired) electrons. The van der Waals surface area contributed by atoms with Gasteiger partial charge in [0, 0.05) is 23.3 Å². The topological polar surface area (TPSA) is 64.9 Å². The Labute approximate surface area is 146 Å². The molecule has 1 saturated carbocycles. The van der Waals surface area contributed by atoms with E-state index in [2.05, 4.69) is 38.7 Å². The third-order valence-electron chi connectivity index (χ3n) is 4.00. The van der Waals surface area contributed by atoms with E-state index in [0.29, 0.717) is 6.54 Å². The van der Waals surface area contributed by atoms with Crippen molar-refractivity contribution in [2.24, 2.45) is 0 Å². The Hall–Kier alpha value is -1.80. The van der Waals surface area contributed by atoms with Crippen molar-refractivity contribution >= 4 is 21.8 Å². The number of nitrogens with one attached hydrogen (secondary N) is 2. The number of nitrogens with zero attached hydrogens (tertiary/aromatic N) is 1. The zero-order valence-electron chi connectivity index (χ0n) is 13.1. The van der Waals surface area contributed by atoms with Crippen LogP contribution in [-0.4, -0.2) is 18.5 Å². The highest BCUT2D eigenvalue weighted by molar-refractivity contribution is 9.10. The molecular formula is C18H22BrN3O. The molecule has 4 nitrogen and oxygen atoms in total. The zero-order valence-corrected chi connectivity index (χ0v) is 14.7. The van der Waals surface area contributed by atoms with E-state index >= 15 is 0 Å². The molecule has 2 rings (SSSR count). The largest absolute Gasteiger partial charge is 0.389 e. The number of hydrogen-bond donors (Lipinski definition) is 2. The quantitative estimate of drug-likeness (QED) is 0.454. The second kappa shape index (κ2) is 9.36.